The van der Waals surface area contributed by atoms with E-state index in [0.29, 0.717) is 21.4 Å². The van der Waals surface area contributed by atoms with Crippen LogP contribution in [0.5, 0.6) is 0 Å². The van der Waals surface area contributed by atoms with Crippen molar-refractivity contribution in [2.45, 2.75) is 6.73 Å². The van der Waals surface area contributed by atoms with E-state index in [1.807, 2.05) is 0 Å². The van der Waals surface area contributed by atoms with Gasteiger partial charge in [0.25, 0.3) is 0 Å². The van der Waals surface area contributed by atoms with Crippen LogP contribution in [-0.4, -0.2) is 28.0 Å². The zero-order valence-corrected chi connectivity index (χ0v) is 14.8. The van der Waals surface area contributed by atoms with Crippen LogP contribution in [0.2, 0.25) is 0 Å². The number of nitrogens with zero attached hydrogens (tertiary/aromatic N) is 2. The van der Waals surface area contributed by atoms with E-state index in [1.54, 1.807) is 35.0 Å². The van der Waals surface area contributed by atoms with Crippen molar-refractivity contribution in [3.63, 3.8) is 0 Å². The number of carboxylic acid groups (broad SMARTS) is 1. The zero-order valence-electron chi connectivity index (χ0n) is 13.2. The molecular formula is C18H14BrFN2O3. The number of ether oxygens (including phenoxy) is 1. The molecule has 0 fully saturated rings. The van der Waals surface area contributed by atoms with Crippen LogP contribution in [0.1, 0.15) is 10.4 Å². The molecule has 3 aromatic rings. The molecule has 0 bridgehead atoms. The van der Waals surface area contributed by atoms with E-state index in [2.05, 4.69) is 21.0 Å². The highest BCUT2D eigenvalue weighted by Gasteiger charge is 2.19. The van der Waals surface area contributed by atoms with Gasteiger partial charge in [-0.25, -0.2) is 13.9 Å². The number of aromatic nitrogens is 2. The molecule has 0 aliphatic carbocycles. The molecule has 7 heteroatoms. The molecule has 0 radical (unpaired) electrons. The third kappa shape index (κ3) is 3.47. The van der Waals surface area contributed by atoms with Gasteiger partial charge in [0.05, 0.1) is 17.0 Å². The Hall–Kier alpha value is -2.51. The third-order valence-corrected chi connectivity index (χ3v) is 4.33. The summed E-state index contributed by atoms with van der Waals surface area (Å²) in [5.41, 5.74) is 2.56. The predicted octanol–water partition coefficient (Wildman–Crippen LogP) is 4.42. The van der Waals surface area contributed by atoms with Gasteiger partial charge in [0.1, 0.15) is 12.5 Å². The molecule has 0 saturated carbocycles. The summed E-state index contributed by atoms with van der Waals surface area (Å²) in [5.74, 6) is -1.37. The lowest BCUT2D eigenvalue weighted by Crippen LogP contribution is -2.05. The second kappa shape index (κ2) is 7.16. The molecule has 2 aromatic carbocycles. The Bertz CT molecular complexity index is 923. The van der Waals surface area contributed by atoms with Crippen LogP contribution >= 0.6 is 15.9 Å². The Morgan fingerprint density at radius 3 is 2.64 bits per heavy atom. The van der Waals surface area contributed by atoms with Crippen molar-refractivity contribution in [3.05, 3.63) is 64.4 Å². The lowest BCUT2D eigenvalue weighted by atomic mass is 10.0. The van der Waals surface area contributed by atoms with Gasteiger partial charge in [-0.2, -0.15) is 5.10 Å². The normalized spacial score (nSPS) is 10.8. The highest BCUT2D eigenvalue weighted by atomic mass is 79.9. The SMILES string of the molecule is COCn1nc(-c2c(Br)cccc2C(=O)O)cc1-c1ccc(F)cc1. The maximum atomic E-state index is 13.2. The van der Waals surface area contributed by atoms with Crippen molar-refractivity contribution >= 4 is 21.9 Å². The number of hydrogen-bond donors (Lipinski definition) is 1. The van der Waals surface area contributed by atoms with Gasteiger partial charge < -0.3 is 9.84 Å². The molecule has 0 saturated heterocycles. The van der Waals surface area contributed by atoms with Gasteiger partial charge in [0.15, 0.2) is 0 Å². The summed E-state index contributed by atoms with van der Waals surface area (Å²) in [6, 6.07) is 12.7. The van der Waals surface area contributed by atoms with Crippen LogP contribution in [0.25, 0.3) is 22.5 Å². The fourth-order valence-electron chi connectivity index (χ4n) is 2.58. The average Bonchev–Trinajstić information content (AvgIpc) is 2.99. The lowest BCUT2D eigenvalue weighted by Gasteiger charge is -2.06. The highest BCUT2D eigenvalue weighted by molar-refractivity contribution is 9.10. The molecule has 0 aliphatic heterocycles. The molecule has 128 valence electrons. The Morgan fingerprint density at radius 1 is 1.28 bits per heavy atom. The van der Waals surface area contributed by atoms with Crippen molar-refractivity contribution in [3.8, 4) is 22.5 Å². The first-order valence-electron chi connectivity index (χ1n) is 7.36. The fraction of sp³-hybridized carbons (Fsp3) is 0.111. The summed E-state index contributed by atoms with van der Waals surface area (Å²) in [6.07, 6.45) is 0. The molecule has 1 N–H and O–H groups in total. The number of hydrogen-bond acceptors (Lipinski definition) is 3. The van der Waals surface area contributed by atoms with Gasteiger partial charge in [-0.1, -0.05) is 22.0 Å². The van der Waals surface area contributed by atoms with Crippen molar-refractivity contribution in [2.75, 3.05) is 7.11 Å². The molecule has 3 rings (SSSR count). The number of methoxy groups -OCH3 is 1. The van der Waals surface area contributed by atoms with Gasteiger partial charge in [-0.15, -0.1) is 0 Å². The molecule has 0 amide bonds. The summed E-state index contributed by atoms with van der Waals surface area (Å²) >= 11 is 3.40. The molecule has 1 heterocycles. The highest BCUT2D eigenvalue weighted by Crippen LogP contribution is 2.34. The van der Waals surface area contributed by atoms with Gasteiger partial charge >= 0.3 is 5.97 Å². The maximum Gasteiger partial charge on any atom is 0.336 e. The summed E-state index contributed by atoms with van der Waals surface area (Å²) in [5, 5.41) is 13.9. The molecule has 0 aliphatic rings. The Balaban J connectivity index is 2.18. The first-order chi connectivity index (χ1) is 12.0. The number of carboxylic acids is 1. The zero-order chi connectivity index (χ0) is 18.0. The number of benzene rings is 2. The monoisotopic (exact) mass is 404 g/mol. The van der Waals surface area contributed by atoms with E-state index < -0.39 is 5.97 Å². The topological polar surface area (TPSA) is 64.4 Å². The number of rotatable bonds is 5. The number of halogens is 2. The van der Waals surface area contributed by atoms with Crippen LogP contribution in [0.15, 0.2) is 53.0 Å². The minimum absolute atomic E-state index is 0.141. The van der Waals surface area contributed by atoms with Crippen LogP contribution in [0.3, 0.4) is 0 Å². The predicted molar refractivity (Wildman–Crippen MR) is 94.7 cm³/mol. The Kier molecular flexibility index (Phi) is 4.96. The molecule has 5 nitrogen and oxygen atoms in total. The summed E-state index contributed by atoms with van der Waals surface area (Å²) < 4.78 is 20.6. The van der Waals surface area contributed by atoms with E-state index in [1.165, 1.54) is 25.3 Å². The standard InChI is InChI=1S/C18H14BrFN2O3/c1-25-10-22-16(11-5-7-12(20)8-6-11)9-15(21-22)17-13(18(23)24)3-2-4-14(17)19/h2-9H,10H2,1H3,(H,23,24). The van der Waals surface area contributed by atoms with Crippen LogP contribution in [-0.2, 0) is 11.5 Å². The van der Waals surface area contributed by atoms with Gasteiger partial charge in [0, 0.05) is 22.7 Å². The van der Waals surface area contributed by atoms with Crippen LogP contribution in [0, 0.1) is 5.82 Å². The Labute approximate surface area is 151 Å². The summed E-state index contributed by atoms with van der Waals surface area (Å²) in [4.78, 5) is 11.6. The largest absolute Gasteiger partial charge is 0.478 e. The second-order valence-electron chi connectivity index (χ2n) is 5.31. The second-order valence-corrected chi connectivity index (χ2v) is 6.16. The van der Waals surface area contributed by atoms with Crippen LogP contribution < -0.4 is 0 Å². The first-order valence-corrected chi connectivity index (χ1v) is 8.15. The summed E-state index contributed by atoms with van der Waals surface area (Å²) in [6.45, 7) is 0.180. The van der Waals surface area contributed by atoms with Gasteiger partial charge in [-0.05, 0) is 42.5 Å². The third-order valence-electron chi connectivity index (χ3n) is 3.67. The number of aromatic carboxylic acids is 1. The smallest absolute Gasteiger partial charge is 0.336 e. The van der Waals surface area contributed by atoms with Crippen molar-refractivity contribution < 1.29 is 19.0 Å². The van der Waals surface area contributed by atoms with E-state index >= 15 is 0 Å². The molecule has 0 spiro atoms. The quantitative estimate of drug-likeness (QED) is 0.683. The minimum Gasteiger partial charge on any atom is -0.478 e. The van der Waals surface area contributed by atoms with Gasteiger partial charge in [-0.3, -0.25) is 0 Å². The maximum absolute atomic E-state index is 13.2. The van der Waals surface area contributed by atoms with E-state index in [0.717, 1.165) is 5.56 Å². The van der Waals surface area contributed by atoms with Crippen molar-refractivity contribution in [1.29, 1.82) is 0 Å². The van der Waals surface area contributed by atoms with E-state index in [4.69, 9.17) is 4.74 Å². The summed E-state index contributed by atoms with van der Waals surface area (Å²) in [7, 11) is 1.54. The Morgan fingerprint density at radius 2 is 2.00 bits per heavy atom. The van der Waals surface area contributed by atoms with Crippen molar-refractivity contribution in [1.82, 2.24) is 9.78 Å². The number of carbonyl (C=O) groups is 1. The van der Waals surface area contributed by atoms with Crippen LogP contribution in [0.4, 0.5) is 4.39 Å². The minimum atomic E-state index is -1.04. The van der Waals surface area contributed by atoms with Crippen molar-refractivity contribution in [2.24, 2.45) is 0 Å². The molecule has 0 atom stereocenters. The van der Waals surface area contributed by atoms with E-state index in [-0.39, 0.29) is 18.1 Å². The molecule has 1 aromatic heterocycles. The average molecular weight is 405 g/mol. The molecular weight excluding hydrogens is 391 g/mol. The van der Waals surface area contributed by atoms with E-state index in [9.17, 15) is 14.3 Å². The molecule has 0 unspecified atom stereocenters. The van der Waals surface area contributed by atoms with Gasteiger partial charge in [0.2, 0.25) is 0 Å². The molecule has 25 heavy (non-hydrogen) atoms. The lowest BCUT2D eigenvalue weighted by molar-refractivity contribution is 0.0697. The first kappa shape index (κ1) is 17.3. The fourth-order valence-corrected chi connectivity index (χ4v) is 3.14.